The first-order valence-electron chi connectivity index (χ1n) is 13.0. The molecule has 3 aromatic rings. The first-order valence-corrected chi connectivity index (χ1v) is 13.0. The number of aryl methyl sites for hydroxylation is 1. The number of carbonyl (C=O) groups is 1. The molecule has 0 aliphatic rings. The molecule has 0 saturated heterocycles. The molecular weight excluding hydrogens is 436 g/mol. The SMILES string of the molecule is CCCCCCCc1cccc(-c2ccccc2)c1-c1ncc(OC(=O)[C@H](C)OCCCC)cn1. The van der Waals surface area contributed by atoms with Crippen LogP contribution in [0.2, 0.25) is 0 Å². The number of ether oxygens (including phenoxy) is 2. The largest absolute Gasteiger partial charge is 0.421 e. The van der Waals surface area contributed by atoms with E-state index in [2.05, 4.69) is 54.1 Å². The molecule has 5 nitrogen and oxygen atoms in total. The van der Waals surface area contributed by atoms with Gasteiger partial charge in [0.05, 0.1) is 12.4 Å². The van der Waals surface area contributed by atoms with E-state index in [1.807, 2.05) is 18.2 Å². The van der Waals surface area contributed by atoms with E-state index in [1.165, 1.54) is 31.2 Å². The van der Waals surface area contributed by atoms with Crippen LogP contribution in [0.3, 0.4) is 0 Å². The van der Waals surface area contributed by atoms with Gasteiger partial charge in [-0.25, -0.2) is 14.8 Å². The molecule has 1 aromatic heterocycles. The van der Waals surface area contributed by atoms with Gasteiger partial charge in [0.25, 0.3) is 0 Å². The molecule has 0 radical (unpaired) electrons. The minimum absolute atomic E-state index is 0.322. The van der Waals surface area contributed by atoms with Gasteiger partial charge in [0, 0.05) is 12.2 Å². The van der Waals surface area contributed by atoms with Crippen LogP contribution in [0.15, 0.2) is 60.9 Å². The lowest BCUT2D eigenvalue weighted by Gasteiger charge is -2.15. The molecule has 0 bridgehead atoms. The van der Waals surface area contributed by atoms with E-state index in [4.69, 9.17) is 9.47 Å². The highest BCUT2D eigenvalue weighted by atomic mass is 16.6. The van der Waals surface area contributed by atoms with Crippen LogP contribution in [0.1, 0.15) is 71.3 Å². The second-order valence-electron chi connectivity index (χ2n) is 8.90. The Hall–Kier alpha value is -3.05. The second-order valence-corrected chi connectivity index (χ2v) is 8.90. The maximum Gasteiger partial charge on any atom is 0.340 e. The number of esters is 1. The minimum atomic E-state index is -0.626. The van der Waals surface area contributed by atoms with Gasteiger partial charge >= 0.3 is 5.97 Å². The summed E-state index contributed by atoms with van der Waals surface area (Å²) >= 11 is 0. The zero-order valence-electron chi connectivity index (χ0n) is 21.3. The Kier molecular flexibility index (Phi) is 10.9. The van der Waals surface area contributed by atoms with Crippen LogP contribution in [-0.2, 0) is 16.0 Å². The highest BCUT2D eigenvalue weighted by molar-refractivity contribution is 5.83. The van der Waals surface area contributed by atoms with Crippen molar-refractivity contribution in [2.45, 2.75) is 78.2 Å². The standard InChI is InChI=1S/C30H38N2O3/c1-4-6-8-9-11-17-25-18-14-19-27(24-15-12-10-13-16-24)28(25)29-31-21-26(22-32-29)35-30(33)23(3)34-20-7-5-2/h10,12-16,18-19,21-23H,4-9,11,17,20H2,1-3H3/t23-/m0/s1. The summed E-state index contributed by atoms with van der Waals surface area (Å²) in [5, 5.41) is 0. The average molecular weight is 475 g/mol. The minimum Gasteiger partial charge on any atom is -0.421 e. The van der Waals surface area contributed by atoms with Crippen molar-refractivity contribution in [2.75, 3.05) is 6.61 Å². The van der Waals surface area contributed by atoms with Crippen molar-refractivity contribution >= 4 is 5.97 Å². The molecule has 186 valence electrons. The normalized spacial score (nSPS) is 11.9. The fourth-order valence-corrected chi connectivity index (χ4v) is 4.02. The van der Waals surface area contributed by atoms with Gasteiger partial charge < -0.3 is 9.47 Å². The summed E-state index contributed by atoms with van der Waals surface area (Å²) in [6.45, 7) is 6.56. The van der Waals surface area contributed by atoms with E-state index in [0.717, 1.165) is 42.4 Å². The lowest BCUT2D eigenvalue weighted by Crippen LogP contribution is -2.26. The van der Waals surface area contributed by atoms with Crippen molar-refractivity contribution < 1.29 is 14.3 Å². The molecule has 0 N–H and O–H groups in total. The number of carbonyl (C=O) groups excluding carboxylic acids is 1. The monoisotopic (exact) mass is 474 g/mol. The third kappa shape index (κ3) is 8.00. The summed E-state index contributed by atoms with van der Waals surface area (Å²) in [5.74, 6) is 0.526. The fourth-order valence-electron chi connectivity index (χ4n) is 4.02. The number of benzene rings is 2. The molecule has 1 atom stereocenters. The molecule has 0 amide bonds. The first-order chi connectivity index (χ1) is 17.1. The topological polar surface area (TPSA) is 61.3 Å². The van der Waals surface area contributed by atoms with Gasteiger partial charge in [0.15, 0.2) is 17.7 Å². The predicted molar refractivity (Wildman–Crippen MR) is 141 cm³/mol. The summed E-state index contributed by atoms with van der Waals surface area (Å²) in [4.78, 5) is 21.6. The Labute approximate surface area is 209 Å². The smallest absolute Gasteiger partial charge is 0.340 e. The van der Waals surface area contributed by atoms with Gasteiger partial charge in [-0.1, -0.05) is 94.5 Å². The van der Waals surface area contributed by atoms with Crippen molar-refractivity contribution in [1.82, 2.24) is 9.97 Å². The third-order valence-corrected chi connectivity index (χ3v) is 6.05. The van der Waals surface area contributed by atoms with Crippen LogP contribution in [0.25, 0.3) is 22.5 Å². The average Bonchev–Trinajstić information content (AvgIpc) is 2.89. The zero-order valence-corrected chi connectivity index (χ0v) is 21.3. The number of hydrogen-bond donors (Lipinski definition) is 0. The quantitative estimate of drug-likeness (QED) is 0.179. The molecule has 3 rings (SSSR count). The highest BCUT2D eigenvalue weighted by Gasteiger charge is 2.18. The van der Waals surface area contributed by atoms with Crippen LogP contribution < -0.4 is 4.74 Å². The molecule has 0 aliphatic carbocycles. The highest BCUT2D eigenvalue weighted by Crippen LogP contribution is 2.34. The van der Waals surface area contributed by atoms with Gasteiger partial charge in [-0.3, -0.25) is 0 Å². The van der Waals surface area contributed by atoms with E-state index in [-0.39, 0.29) is 0 Å². The lowest BCUT2D eigenvalue weighted by atomic mass is 9.92. The van der Waals surface area contributed by atoms with Crippen molar-refractivity contribution in [3.63, 3.8) is 0 Å². The Bertz CT molecular complexity index is 1040. The van der Waals surface area contributed by atoms with Crippen LogP contribution in [0.5, 0.6) is 5.75 Å². The molecular formula is C30H38N2O3. The Balaban J connectivity index is 1.81. The van der Waals surface area contributed by atoms with E-state index >= 15 is 0 Å². The van der Waals surface area contributed by atoms with Crippen LogP contribution in [0, 0.1) is 0 Å². The van der Waals surface area contributed by atoms with E-state index in [0.29, 0.717) is 18.2 Å². The van der Waals surface area contributed by atoms with Gasteiger partial charge in [0.1, 0.15) is 0 Å². The number of aromatic nitrogens is 2. The van der Waals surface area contributed by atoms with Crippen LogP contribution >= 0.6 is 0 Å². The molecule has 0 saturated carbocycles. The van der Waals surface area contributed by atoms with Crippen molar-refractivity contribution in [1.29, 1.82) is 0 Å². The summed E-state index contributed by atoms with van der Waals surface area (Å²) in [6.07, 6.45) is 11.6. The fraction of sp³-hybridized carbons (Fsp3) is 0.433. The van der Waals surface area contributed by atoms with E-state index in [1.54, 1.807) is 19.3 Å². The molecule has 35 heavy (non-hydrogen) atoms. The van der Waals surface area contributed by atoms with Crippen LogP contribution in [-0.4, -0.2) is 28.6 Å². The maximum absolute atomic E-state index is 12.3. The number of nitrogens with zero attached hydrogens (tertiary/aromatic N) is 2. The summed E-state index contributed by atoms with van der Waals surface area (Å²) in [6, 6.07) is 16.7. The van der Waals surface area contributed by atoms with Crippen LogP contribution in [0.4, 0.5) is 0 Å². The number of rotatable bonds is 14. The van der Waals surface area contributed by atoms with Gasteiger partial charge in [-0.15, -0.1) is 0 Å². The Morgan fingerprint density at radius 2 is 1.57 bits per heavy atom. The summed E-state index contributed by atoms with van der Waals surface area (Å²) < 4.78 is 11.0. The summed E-state index contributed by atoms with van der Waals surface area (Å²) in [5.41, 5.74) is 4.53. The van der Waals surface area contributed by atoms with E-state index < -0.39 is 12.1 Å². The van der Waals surface area contributed by atoms with Crippen molar-refractivity contribution in [3.8, 4) is 28.3 Å². The van der Waals surface area contributed by atoms with E-state index in [9.17, 15) is 4.79 Å². The third-order valence-electron chi connectivity index (χ3n) is 6.05. The van der Waals surface area contributed by atoms with Crippen molar-refractivity contribution in [3.05, 3.63) is 66.5 Å². The van der Waals surface area contributed by atoms with Gasteiger partial charge in [-0.05, 0) is 42.9 Å². The molecule has 0 aliphatic heterocycles. The summed E-state index contributed by atoms with van der Waals surface area (Å²) in [7, 11) is 0. The maximum atomic E-state index is 12.3. The Morgan fingerprint density at radius 1 is 0.857 bits per heavy atom. The molecule has 0 spiro atoms. The predicted octanol–water partition coefficient (Wildman–Crippen LogP) is 7.43. The second kappa shape index (κ2) is 14.4. The Morgan fingerprint density at radius 3 is 2.29 bits per heavy atom. The molecule has 1 heterocycles. The van der Waals surface area contributed by atoms with Gasteiger partial charge in [0.2, 0.25) is 0 Å². The number of unbranched alkanes of at least 4 members (excludes halogenated alkanes) is 5. The molecule has 2 aromatic carbocycles. The van der Waals surface area contributed by atoms with Crippen molar-refractivity contribution in [2.24, 2.45) is 0 Å². The zero-order chi connectivity index (χ0) is 24.9. The van der Waals surface area contributed by atoms with Gasteiger partial charge in [-0.2, -0.15) is 0 Å². The molecule has 0 fully saturated rings. The lowest BCUT2D eigenvalue weighted by molar-refractivity contribution is -0.146. The molecule has 0 unspecified atom stereocenters. The first kappa shape index (κ1) is 26.6. The number of hydrogen-bond acceptors (Lipinski definition) is 5. The molecule has 5 heteroatoms.